The molecule has 1 saturated heterocycles. The van der Waals surface area contributed by atoms with E-state index in [1.807, 2.05) is 0 Å². The van der Waals surface area contributed by atoms with Crippen molar-refractivity contribution < 1.29 is 23.6 Å². The first kappa shape index (κ1) is 14.1. The van der Waals surface area contributed by atoms with Crippen LogP contribution in [0.25, 0.3) is 0 Å². The standard InChI is InChI=1S/C15H13FN2O5/c16-9-2-1-7(18(21)22)5-10(9)17-14(19)12-6-3-8-11(4-6)23-15(20)13(8)12/h1-2,5-6,8,11-13H,3-4H2,(H,17,19)/t6-,8+,11+,12-,13+/m1/s1. The summed E-state index contributed by atoms with van der Waals surface area (Å²) in [6.07, 6.45) is 1.33. The van der Waals surface area contributed by atoms with Gasteiger partial charge in [0.2, 0.25) is 5.91 Å². The first-order chi connectivity index (χ1) is 11.0. The number of carbonyl (C=O) groups excluding carboxylic acids is 2. The Labute approximate surface area is 130 Å². The number of rotatable bonds is 3. The number of non-ortho nitro benzene ring substituents is 1. The highest BCUT2D eigenvalue weighted by molar-refractivity contribution is 5.97. The second-order valence-electron chi connectivity index (χ2n) is 6.33. The molecule has 0 radical (unpaired) electrons. The lowest BCUT2D eigenvalue weighted by Gasteiger charge is -2.23. The van der Waals surface area contributed by atoms with Gasteiger partial charge in [-0.15, -0.1) is 0 Å². The number of anilines is 1. The van der Waals surface area contributed by atoms with Crippen LogP contribution in [0.15, 0.2) is 18.2 Å². The van der Waals surface area contributed by atoms with E-state index < -0.39 is 28.5 Å². The van der Waals surface area contributed by atoms with Crippen LogP contribution in [0.2, 0.25) is 0 Å². The van der Waals surface area contributed by atoms with Crippen molar-refractivity contribution in [1.29, 1.82) is 0 Å². The average Bonchev–Trinajstić information content (AvgIpc) is 3.10. The van der Waals surface area contributed by atoms with Crippen LogP contribution in [0.5, 0.6) is 0 Å². The molecular formula is C15H13FN2O5. The Balaban J connectivity index is 1.58. The molecular weight excluding hydrogens is 307 g/mol. The van der Waals surface area contributed by atoms with Gasteiger partial charge < -0.3 is 10.1 Å². The monoisotopic (exact) mass is 320 g/mol. The van der Waals surface area contributed by atoms with Crippen LogP contribution in [-0.2, 0) is 14.3 Å². The van der Waals surface area contributed by atoms with E-state index in [2.05, 4.69) is 5.32 Å². The largest absolute Gasteiger partial charge is 0.462 e. The third-order valence-corrected chi connectivity index (χ3v) is 5.20. The van der Waals surface area contributed by atoms with E-state index in [4.69, 9.17) is 4.74 Å². The van der Waals surface area contributed by atoms with Gasteiger partial charge >= 0.3 is 5.97 Å². The molecule has 2 bridgehead atoms. The van der Waals surface area contributed by atoms with E-state index in [9.17, 15) is 24.1 Å². The van der Waals surface area contributed by atoms with E-state index in [1.54, 1.807) is 0 Å². The first-order valence-corrected chi connectivity index (χ1v) is 7.41. The van der Waals surface area contributed by atoms with Crippen molar-refractivity contribution in [2.75, 3.05) is 5.32 Å². The first-order valence-electron chi connectivity index (χ1n) is 7.41. The summed E-state index contributed by atoms with van der Waals surface area (Å²) in [5.41, 5.74) is -0.551. The van der Waals surface area contributed by atoms with Crippen molar-refractivity contribution in [3.63, 3.8) is 0 Å². The van der Waals surface area contributed by atoms with E-state index >= 15 is 0 Å². The Hall–Kier alpha value is -2.51. The third kappa shape index (κ3) is 2.01. The van der Waals surface area contributed by atoms with E-state index in [1.165, 1.54) is 0 Å². The highest BCUT2D eigenvalue weighted by Gasteiger charge is 2.63. The number of carbonyl (C=O) groups is 2. The summed E-state index contributed by atoms with van der Waals surface area (Å²) >= 11 is 0. The van der Waals surface area contributed by atoms with Crippen LogP contribution in [0, 0.1) is 39.6 Å². The minimum atomic E-state index is -0.751. The predicted octanol–water partition coefficient (Wildman–Crippen LogP) is 1.87. The zero-order valence-corrected chi connectivity index (χ0v) is 11.9. The Morgan fingerprint density at radius 1 is 1.39 bits per heavy atom. The molecule has 1 aliphatic heterocycles. The number of esters is 1. The van der Waals surface area contributed by atoms with Crippen molar-refractivity contribution in [3.8, 4) is 0 Å². The molecule has 5 atom stereocenters. The molecule has 1 amide bonds. The van der Waals surface area contributed by atoms with Crippen molar-refractivity contribution in [3.05, 3.63) is 34.1 Å². The maximum Gasteiger partial charge on any atom is 0.310 e. The van der Waals surface area contributed by atoms with Gasteiger partial charge in [-0.25, -0.2) is 4.39 Å². The lowest BCUT2D eigenvalue weighted by molar-refractivity contribution is -0.384. The molecule has 8 heteroatoms. The number of amides is 1. The van der Waals surface area contributed by atoms with Gasteiger partial charge in [-0.05, 0) is 24.8 Å². The fraction of sp³-hybridized carbons (Fsp3) is 0.467. The molecule has 0 unspecified atom stereocenters. The summed E-state index contributed by atoms with van der Waals surface area (Å²) in [7, 11) is 0. The highest BCUT2D eigenvalue weighted by atomic mass is 19.1. The van der Waals surface area contributed by atoms with Crippen LogP contribution >= 0.6 is 0 Å². The molecule has 3 fully saturated rings. The number of ether oxygens (including phenoxy) is 1. The number of nitrogens with one attached hydrogen (secondary N) is 1. The van der Waals surface area contributed by atoms with Gasteiger partial charge in [0, 0.05) is 18.1 Å². The van der Waals surface area contributed by atoms with Crippen LogP contribution in [0.3, 0.4) is 0 Å². The smallest absolute Gasteiger partial charge is 0.310 e. The quantitative estimate of drug-likeness (QED) is 0.521. The number of hydrogen-bond acceptors (Lipinski definition) is 5. The van der Waals surface area contributed by atoms with Crippen LogP contribution in [0.4, 0.5) is 15.8 Å². The van der Waals surface area contributed by atoms with Crippen molar-refractivity contribution >= 4 is 23.3 Å². The Bertz CT molecular complexity index is 735. The van der Waals surface area contributed by atoms with Gasteiger partial charge in [0.1, 0.15) is 11.9 Å². The number of nitro groups is 1. The van der Waals surface area contributed by atoms with Crippen LogP contribution in [0.1, 0.15) is 12.8 Å². The summed E-state index contributed by atoms with van der Waals surface area (Å²) < 4.78 is 19.1. The van der Waals surface area contributed by atoms with Gasteiger partial charge in [0.05, 0.1) is 22.4 Å². The number of hydrogen-bond donors (Lipinski definition) is 1. The van der Waals surface area contributed by atoms with Crippen molar-refractivity contribution in [2.24, 2.45) is 23.7 Å². The molecule has 1 aromatic rings. The number of benzene rings is 1. The molecule has 4 rings (SSSR count). The summed E-state index contributed by atoms with van der Waals surface area (Å²) in [4.78, 5) is 34.5. The van der Waals surface area contributed by atoms with Crippen LogP contribution in [-0.4, -0.2) is 22.9 Å². The van der Waals surface area contributed by atoms with E-state index in [0.29, 0.717) is 6.42 Å². The number of halogens is 1. The summed E-state index contributed by atoms with van der Waals surface area (Å²) in [6, 6.07) is 2.95. The average molecular weight is 320 g/mol. The molecule has 2 saturated carbocycles. The minimum absolute atomic E-state index is 0.0446. The normalized spacial score (nSPS) is 33.6. The molecule has 0 spiro atoms. The van der Waals surface area contributed by atoms with Gasteiger partial charge in [-0.2, -0.15) is 0 Å². The maximum atomic E-state index is 13.8. The molecule has 3 aliphatic rings. The second-order valence-corrected chi connectivity index (χ2v) is 6.33. The minimum Gasteiger partial charge on any atom is -0.462 e. The zero-order chi connectivity index (χ0) is 16.3. The molecule has 7 nitrogen and oxygen atoms in total. The lowest BCUT2D eigenvalue weighted by atomic mass is 9.79. The molecule has 23 heavy (non-hydrogen) atoms. The number of nitro benzene ring substituents is 1. The maximum absolute atomic E-state index is 13.8. The fourth-order valence-corrected chi connectivity index (χ4v) is 4.30. The molecule has 1 heterocycles. The predicted molar refractivity (Wildman–Crippen MR) is 74.8 cm³/mol. The van der Waals surface area contributed by atoms with Gasteiger partial charge in [0.25, 0.3) is 5.69 Å². The van der Waals surface area contributed by atoms with Gasteiger partial charge in [-0.1, -0.05) is 0 Å². The molecule has 1 aromatic carbocycles. The lowest BCUT2D eigenvalue weighted by Crippen LogP contribution is -2.36. The molecule has 2 aliphatic carbocycles. The summed E-state index contributed by atoms with van der Waals surface area (Å²) in [5.74, 6) is -2.50. The number of nitrogens with zero attached hydrogens (tertiary/aromatic N) is 1. The van der Waals surface area contributed by atoms with Gasteiger partial charge in [-0.3, -0.25) is 19.7 Å². The summed E-state index contributed by atoms with van der Waals surface area (Å²) in [5, 5.41) is 13.2. The summed E-state index contributed by atoms with van der Waals surface area (Å²) in [6.45, 7) is 0. The zero-order valence-electron chi connectivity index (χ0n) is 11.9. The third-order valence-electron chi connectivity index (χ3n) is 5.20. The molecule has 0 aromatic heterocycles. The molecule has 1 N–H and O–H groups in total. The second kappa shape index (κ2) is 4.74. The molecule has 120 valence electrons. The highest BCUT2D eigenvalue weighted by Crippen LogP contribution is 2.57. The van der Waals surface area contributed by atoms with E-state index in [0.717, 1.165) is 24.6 Å². The Morgan fingerprint density at radius 2 is 2.17 bits per heavy atom. The van der Waals surface area contributed by atoms with Crippen LogP contribution < -0.4 is 5.32 Å². The Morgan fingerprint density at radius 3 is 2.91 bits per heavy atom. The SMILES string of the molecule is O=C(Nc1cc([N+](=O)[O-])ccc1F)[C@@H]1[C@@H]2C[C@@H]3[C@@H]1C(=O)O[C@H]3C2. The number of fused-ring (bicyclic) bond motifs is 1. The topological polar surface area (TPSA) is 98.5 Å². The fourth-order valence-electron chi connectivity index (χ4n) is 4.30. The van der Waals surface area contributed by atoms with Crippen molar-refractivity contribution in [2.45, 2.75) is 18.9 Å². The van der Waals surface area contributed by atoms with E-state index in [-0.39, 0.29) is 35.3 Å². The Kier molecular flexibility index (Phi) is 2.91. The van der Waals surface area contributed by atoms with Gasteiger partial charge in [0.15, 0.2) is 0 Å². The van der Waals surface area contributed by atoms with Crippen molar-refractivity contribution in [1.82, 2.24) is 0 Å².